The summed E-state index contributed by atoms with van der Waals surface area (Å²) >= 11 is 0. The largest absolute Gasteiger partial charge is 0.370 e. The number of hydrogen-bond donors (Lipinski definition) is 1. The Bertz CT molecular complexity index is 331. The van der Waals surface area contributed by atoms with E-state index in [4.69, 9.17) is 0 Å². The zero-order chi connectivity index (χ0) is 12.1. The van der Waals surface area contributed by atoms with Crippen LogP contribution in [0.5, 0.6) is 0 Å². The molecule has 1 aromatic carbocycles. The highest BCUT2D eigenvalue weighted by Crippen LogP contribution is 2.17. The van der Waals surface area contributed by atoms with Gasteiger partial charge in [0.05, 0.1) is 0 Å². The van der Waals surface area contributed by atoms with E-state index in [9.17, 15) is 0 Å². The fourth-order valence-corrected chi connectivity index (χ4v) is 2.43. The lowest BCUT2D eigenvalue weighted by atomic mass is 10.1. The lowest BCUT2D eigenvalue weighted by Crippen LogP contribution is -2.28. The van der Waals surface area contributed by atoms with Gasteiger partial charge in [0.2, 0.25) is 0 Å². The number of aryl methyl sites for hydroxylation is 1. The molecule has 1 atom stereocenters. The third-order valence-corrected chi connectivity index (χ3v) is 3.55. The van der Waals surface area contributed by atoms with Gasteiger partial charge in [-0.3, -0.25) is 0 Å². The van der Waals surface area contributed by atoms with Crippen molar-refractivity contribution in [2.24, 2.45) is 0 Å². The van der Waals surface area contributed by atoms with Crippen molar-refractivity contribution < 1.29 is 0 Å². The summed E-state index contributed by atoms with van der Waals surface area (Å²) < 4.78 is 0. The van der Waals surface area contributed by atoms with E-state index in [1.807, 2.05) is 0 Å². The molecule has 94 valence electrons. The summed E-state index contributed by atoms with van der Waals surface area (Å²) in [5.41, 5.74) is 2.83. The maximum atomic E-state index is 3.53. The maximum absolute atomic E-state index is 3.53. The number of nitrogens with zero attached hydrogens (tertiary/aromatic N) is 1. The average molecular weight is 232 g/mol. The highest BCUT2D eigenvalue weighted by molar-refractivity contribution is 5.47. The number of benzene rings is 1. The quantitative estimate of drug-likeness (QED) is 0.862. The lowest BCUT2D eigenvalue weighted by molar-refractivity contribution is 0.566. The fourth-order valence-electron chi connectivity index (χ4n) is 2.43. The maximum Gasteiger partial charge on any atom is 0.0366 e. The van der Waals surface area contributed by atoms with Gasteiger partial charge in [-0.05, 0) is 37.5 Å². The van der Waals surface area contributed by atoms with Crippen LogP contribution in [0.3, 0.4) is 0 Å². The highest BCUT2D eigenvalue weighted by Gasteiger charge is 2.13. The van der Waals surface area contributed by atoms with E-state index in [1.165, 1.54) is 37.1 Å². The molecule has 2 heteroatoms. The van der Waals surface area contributed by atoms with Crippen LogP contribution in [0.2, 0.25) is 0 Å². The van der Waals surface area contributed by atoms with Gasteiger partial charge >= 0.3 is 0 Å². The molecular formula is C15H24N2. The second kappa shape index (κ2) is 6.06. The fraction of sp³-hybridized carbons (Fsp3) is 0.600. The van der Waals surface area contributed by atoms with Gasteiger partial charge in [0, 0.05) is 31.4 Å². The van der Waals surface area contributed by atoms with E-state index in [1.54, 1.807) is 0 Å². The minimum Gasteiger partial charge on any atom is -0.370 e. The minimum atomic E-state index is 0.652. The van der Waals surface area contributed by atoms with Gasteiger partial charge in [0.25, 0.3) is 0 Å². The van der Waals surface area contributed by atoms with Crippen LogP contribution >= 0.6 is 0 Å². The van der Waals surface area contributed by atoms with Crippen LogP contribution in [0.1, 0.15) is 32.3 Å². The van der Waals surface area contributed by atoms with Gasteiger partial charge in [0.15, 0.2) is 0 Å². The standard InChI is InChI=1S/C15H24N2/c1-3-4-14-5-7-15(8-6-14)17-11-9-13(2)16-10-12-17/h5-8,13,16H,3-4,9-12H2,1-2H3. The molecule has 1 saturated heterocycles. The van der Waals surface area contributed by atoms with Crippen LogP contribution in [-0.2, 0) is 6.42 Å². The molecule has 1 aliphatic rings. The van der Waals surface area contributed by atoms with Crippen molar-refractivity contribution in [3.8, 4) is 0 Å². The first-order valence-corrected chi connectivity index (χ1v) is 6.87. The molecule has 1 aromatic rings. The van der Waals surface area contributed by atoms with Gasteiger partial charge < -0.3 is 10.2 Å². The van der Waals surface area contributed by atoms with Crippen molar-refractivity contribution in [2.45, 2.75) is 39.2 Å². The molecule has 0 spiro atoms. The number of rotatable bonds is 3. The topological polar surface area (TPSA) is 15.3 Å². The Labute approximate surface area is 105 Å². The summed E-state index contributed by atoms with van der Waals surface area (Å²) in [5.74, 6) is 0. The first-order chi connectivity index (χ1) is 8.29. The van der Waals surface area contributed by atoms with E-state index >= 15 is 0 Å². The molecule has 1 N–H and O–H groups in total. The number of hydrogen-bond acceptors (Lipinski definition) is 2. The van der Waals surface area contributed by atoms with E-state index in [-0.39, 0.29) is 0 Å². The molecule has 0 aromatic heterocycles. The van der Waals surface area contributed by atoms with Gasteiger partial charge in [-0.15, -0.1) is 0 Å². The number of nitrogens with one attached hydrogen (secondary N) is 1. The van der Waals surface area contributed by atoms with E-state index in [2.05, 4.69) is 48.3 Å². The average Bonchev–Trinajstić information content (AvgIpc) is 2.56. The van der Waals surface area contributed by atoms with Crippen molar-refractivity contribution in [2.75, 3.05) is 24.5 Å². The smallest absolute Gasteiger partial charge is 0.0366 e. The highest BCUT2D eigenvalue weighted by atomic mass is 15.2. The monoisotopic (exact) mass is 232 g/mol. The van der Waals surface area contributed by atoms with E-state index < -0.39 is 0 Å². The predicted octanol–water partition coefficient (Wildman–Crippen LogP) is 2.83. The zero-order valence-electron chi connectivity index (χ0n) is 11.1. The molecule has 2 nitrogen and oxygen atoms in total. The molecule has 1 heterocycles. The summed E-state index contributed by atoms with van der Waals surface area (Å²) in [6.45, 7) is 7.89. The van der Waals surface area contributed by atoms with Crippen LogP contribution in [0.25, 0.3) is 0 Å². The van der Waals surface area contributed by atoms with Crippen molar-refractivity contribution in [3.05, 3.63) is 29.8 Å². The Morgan fingerprint density at radius 2 is 2.00 bits per heavy atom. The lowest BCUT2D eigenvalue weighted by Gasteiger charge is -2.22. The van der Waals surface area contributed by atoms with E-state index in [0.717, 1.165) is 13.1 Å². The Balaban J connectivity index is 2.00. The predicted molar refractivity (Wildman–Crippen MR) is 74.7 cm³/mol. The van der Waals surface area contributed by atoms with Crippen LogP contribution in [-0.4, -0.2) is 25.7 Å². The summed E-state index contributed by atoms with van der Waals surface area (Å²) in [7, 11) is 0. The summed E-state index contributed by atoms with van der Waals surface area (Å²) in [6.07, 6.45) is 3.65. The zero-order valence-corrected chi connectivity index (χ0v) is 11.1. The van der Waals surface area contributed by atoms with Crippen LogP contribution in [0, 0.1) is 0 Å². The summed E-state index contributed by atoms with van der Waals surface area (Å²) in [5, 5.41) is 3.53. The Morgan fingerprint density at radius 1 is 1.24 bits per heavy atom. The SMILES string of the molecule is CCCc1ccc(N2CCNC(C)CC2)cc1. The Kier molecular flexibility index (Phi) is 4.43. The normalized spacial score (nSPS) is 21.3. The van der Waals surface area contributed by atoms with Gasteiger partial charge in [-0.2, -0.15) is 0 Å². The molecule has 2 rings (SSSR count). The Morgan fingerprint density at radius 3 is 2.71 bits per heavy atom. The van der Waals surface area contributed by atoms with Gasteiger partial charge in [-0.1, -0.05) is 25.5 Å². The minimum absolute atomic E-state index is 0.652. The van der Waals surface area contributed by atoms with Crippen LogP contribution < -0.4 is 10.2 Å². The van der Waals surface area contributed by atoms with E-state index in [0.29, 0.717) is 6.04 Å². The van der Waals surface area contributed by atoms with Gasteiger partial charge in [0.1, 0.15) is 0 Å². The van der Waals surface area contributed by atoms with Crippen LogP contribution in [0.4, 0.5) is 5.69 Å². The molecule has 0 amide bonds. The number of anilines is 1. The first kappa shape index (κ1) is 12.4. The third-order valence-electron chi connectivity index (χ3n) is 3.55. The van der Waals surface area contributed by atoms with Crippen molar-refractivity contribution in [1.29, 1.82) is 0 Å². The van der Waals surface area contributed by atoms with Gasteiger partial charge in [-0.25, -0.2) is 0 Å². The molecule has 0 saturated carbocycles. The second-order valence-corrected chi connectivity index (χ2v) is 5.05. The summed E-state index contributed by atoms with van der Waals surface area (Å²) in [6, 6.07) is 9.77. The van der Waals surface area contributed by atoms with Crippen molar-refractivity contribution in [3.63, 3.8) is 0 Å². The molecular weight excluding hydrogens is 208 g/mol. The van der Waals surface area contributed by atoms with Crippen molar-refractivity contribution in [1.82, 2.24) is 5.32 Å². The third kappa shape index (κ3) is 3.47. The molecule has 0 bridgehead atoms. The van der Waals surface area contributed by atoms with Crippen molar-refractivity contribution >= 4 is 5.69 Å². The first-order valence-electron chi connectivity index (χ1n) is 6.87. The summed E-state index contributed by atoms with van der Waals surface area (Å²) in [4.78, 5) is 2.49. The van der Waals surface area contributed by atoms with Crippen LogP contribution in [0.15, 0.2) is 24.3 Å². The molecule has 0 radical (unpaired) electrons. The second-order valence-electron chi connectivity index (χ2n) is 5.05. The molecule has 0 aliphatic carbocycles. The molecule has 1 aliphatic heterocycles. The molecule has 1 unspecified atom stereocenters. The Hall–Kier alpha value is -1.02. The molecule has 17 heavy (non-hydrogen) atoms. The molecule has 1 fully saturated rings.